The van der Waals surface area contributed by atoms with E-state index < -0.39 is 11.9 Å². The van der Waals surface area contributed by atoms with Crippen molar-refractivity contribution in [2.24, 2.45) is 0 Å². The van der Waals surface area contributed by atoms with E-state index >= 15 is 0 Å². The predicted octanol–water partition coefficient (Wildman–Crippen LogP) is 6.53. The molecule has 0 saturated heterocycles. The van der Waals surface area contributed by atoms with Crippen LogP contribution in [0.5, 0.6) is 5.75 Å². The van der Waals surface area contributed by atoms with Crippen LogP contribution >= 0.6 is 34.5 Å². The molecule has 0 saturated carbocycles. The SMILES string of the molecule is CCOC(=O)c1c(-c2ccc(C)cc2C)csc1NC(=O)COc1ccc(Cl)cc1Cl. The molecule has 1 heterocycles. The number of hydrogen-bond acceptors (Lipinski definition) is 5. The lowest BCUT2D eigenvalue weighted by Gasteiger charge is -2.11. The van der Waals surface area contributed by atoms with Crippen LogP contribution in [0.1, 0.15) is 28.4 Å². The molecule has 0 aliphatic heterocycles. The number of hydrogen-bond donors (Lipinski definition) is 1. The Morgan fingerprint density at radius 3 is 2.52 bits per heavy atom. The molecule has 0 aliphatic rings. The standard InChI is InChI=1S/C23H21Cl2NO4S/c1-4-29-23(28)21-17(16-7-5-13(2)9-14(16)3)12-31-22(21)26-20(27)11-30-19-8-6-15(24)10-18(19)25/h5-10,12H,4,11H2,1-3H3,(H,26,27). The smallest absolute Gasteiger partial charge is 0.341 e. The maximum absolute atomic E-state index is 12.7. The zero-order valence-electron chi connectivity index (χ0n) is 17.3. The fourth-order valence-electron chi connectivity index (χ4n) is 3.07. The number of aryl methyl sites for hydroxylation is 2. The van der Waals surface area contributed by atoms with Gasteiger partial charge in [-0.1, -0.05) is 47.0 Å². The average Bonchev–Trinajstić information content (AvgIpc) is 3.10. The summed E-state index contributed by atoms with van der Waals surface area (Å²) < 4.78 is 10.7. The summed E-state index contributed by atoms with van der Waals surface area (Å²) in [5.41, 5.74) is 4.12. The number of ether oxygens (including phenoxy) is 2. The molecule has 0 bridgehead atoms. The number of anilines is 1. The second-order valence-electron chi connectivity index (χ2n) is 6.80. The van der Waals surface area contributed by atoms with Gasteiger partial charge in [0, 0.05) is 16.0 Å². The van der Waals surface area contributed by atoms with Gasteiger partial charge in [-0.3, -0.25) is 4.79 Å². The molecule has 1 aromatic heterocycles. The molecule has 1 amide bonds. The highest BCUT2D eigenvalue weighted by Crippen LogP contribution is 2.38. The Bertz CT molecular complexity index is 1130. The molecule has 0 unspecified atom stereocenters. The van der Waals surface area contributed by atoms with Gasteiger partial charge < -0.3 is 14.8 Å². The number of thiophene rings is 1. The van der Waals surface area contributed by atoms with Gasteiger partial charge in [-0.05, 0) is 50.1 Å². The number of carbonyl (C=O) groups excluding carboxylic acids is 2. The second-order valence-corrected chi connectivity index (χ2v) is 8.53. The Kier molecular flexibility index (Phi) is 7.59. The van der Waals surface area contributed by atoms with E-state index in [-0.39, 0.29) is 13.2 Å². The second kappa shape index (κ2) is 10.2. The Labute approximate surface area is 194 Å². The van der Waals surface area contributed by atoms with Gasteiger partial charge in [0.25, 0.3) is 5.91 Å². The Morgan fingerprint density at radius 2 is 1.84 bits per heavy atom. The highest BCUT2D eigenvalue weighted by molar-refractivity contribution is 7.15. The summed E-state index contributed by atoms with van der Waals surface area (Å²) in [6.45, 7) is 5.68. The van der Waals surface area contributed by atoms with Crippen LogP contribution < -0.4 is 10.1 Å². The minimum absolute atomic E-state index is 0.229. The summed E-state index contributed by atoms with van der Waals surface area (Å²) >= 11 is 13.2. The molecule has 162 valence electrons. The summed E-state index contributed by atoms with van der Waals surface area (Å²) in [4.78, 5) is 25.2. The molecule has 8 heteroatoms. The first-order valence-electron chi connectivity index (χ1n) is 9.54. The van der Waals surface area contributed by atoms with Crippen LogP contribution in [-0.4, -0.2) is 25.1 Å². The van der Waals surface area contributed by atoms with Crippen LogP contribution in [0, 0.1) is 13.8 Å². The number of amides is 1. The third kappa shape index (κ3) is 5.58. The van der Waals surface area contributed by atoms with Crippen molar-refractivity contribution in [2.45, 2.75) is 20.8 Å². The van der Waals surface area contributed by atoms with Crippen molar-refractivity contribution in [2.75, 3.05) is 18.5 Å². The lowest BCUT2D eigenvalue weighted by atomic mass is 9.97. The van der Waals surface area contributed by atoms with E-state index in [1.54, 1.807) is 19.1 Å². The average molecular weight is 478 g/mol. The van der Waals surface area contributed by atoms with Gasteiger partial charge in [0.15, 0.2) is 6.61 Å². The normalized spacial score (nSPS) is 10.6. The number of halogens is 2. The van der Waals surface area contributed by atoms with Gasteiger partial charge in [0.2, 0.25) is 0 Å². The van der Waals surface area contributed by atoms with Crippen LogP contribution in [0.25, 0.3) is 11.1 Å². The summed E-state index contributed by atoms with van der Waals surface area (Å²) in [5, 5.41) is 5.78. The van der Waals surface area contributed by atoms with Crippen molar-refractivity contribution in [3.05, 3.63) is 68.5 Å². The van der Waals surface area contributed by atoms with Gasteiger partial charge in [-0.25, -0.2) is 4.79 Å². The van der Waals surface area contributed by atoms with E-state index in [9.17, 15) is 9.59 Å². The van der Waals surface area contributed by atoms with E-state index in [1.165, 1.54) is 17.4 Å². The van der Waals surface area contributed by atoms with Gasteiger partial charge in [0.05, 0.1) is 11.6 Å². The van der Waals surface area contributed by atoms with E-state index in [0.29, 0.717) is 26.4 Å². The molecular weight excluding hydrogens is 457 g/mol. The lowest BCUT2D eigenvalue weighted by molar-refractivity contribution is -0.118. The zero-order valence-corrected chi connectivity index (χ0v) is 19.6. The van der Waals surface area contributed by atoms with Crippen molar-refractivity contribution in [1.82, 2.24) is 0 Å². The number of rotatable bonds is 7. The van der Waals surface area contributed by atoms with Gasteiger partial charge in [0.1, 0.15) is 16.3 Å². The molecular formula is C23H21Cl2NO4S. The Morgan fingerprint density at radius 1 is 1.06 bits per heavy atom. The summed E-state index contributed by atoms with van der Waals surface area (Å²) in [5.74, 6) is -0.574. The molecule has 0 atom stereocenters. The largest absolute Gasteiger partial charge is 0.482 e. The third-order valence-corrected chi connectivity index (χ3v) is 5.87. The van der Waals surface area contributed by atoms with E-state index in [1.807, 2.05) is 37.4 Å². The summed E-state index contributed by atoms with van der Waals surface area (Å²) in [7, 11) is 0. The number of carbonyl (C=O) groups is 2. The van der Waals surface area contributed by atoms with Crippen molar-refractivity contribution in [3.63, 3.8) is 0 Å². The fraction of sp³-hybridized carbons (Fsp3) is 0.217. The van der Waals surface area contributed by atoms with Crippen LogP contribution in [-0.2, 0) is 9.53 Å². The first-order chi connectivity index (χ1) is 14.8. The van der Waals surface area contributed by atoms with Crippen LogP contribution in [0.4, 0.5) is 5.00 Å². The fourth-order valence-corrected chi connectivity index (χ4v) is 4.50. The van der Waals surface area contributed by atoms with E-state index in [4.69, 9.17) is 32.7 Å². The number of benzene rings is 2. The third-order valence-electron chi connectivity index (χ3n) is 4.45. The van der Waals surface area contributed by atoms with Gasteiger partial charge in [-0.2, -0.15) is 0 Å². The van der Waals surface area contributed by atoms with Crippen molar-refractivity contribution < 1.29 is 19.1 Å². The maximum atomic E-state index is 12.7. The molecule has 3 aromatic rings. The Balaban J connectivity index is 1.84. The summed E-state index contributed by atoms with van der Waals surface area (Å²) in [6.07, 6.45) is 0. The van der Waals surface area contributed by atoms with E-state index in [0.717, 1.165) is 22.3 Å². The highest BCUT2D eigenvalue weighted by atomic mass is 35.5. The molecule has 2 aromatic carbocycles. The van der Waals surface area contributed by atoms with Crippen molar-refractivity contribution >= 4 is 51.4 Å². The lowest BCUT2D eigenvalue weighted by Crippen LogP contribution is -2.21. The number of esters is 1. The van der Waals surface area contributed by atoms with Crippen molar-refractivity contribution in [3.8, 4) is 16.9 Å². The van der Waals surface area contributed by atoms with Crippen molar-refractivity contribution in [1.29, 1.82) is 0 Å². The monoisotopic (exact) mass is 477 g/mol. The van der Waals surface area contributed by atoms with E-state index in [2.05, 4.69) is 5.32 Å². The van der Waals surface area contributed by atoms with Crippen LogP contribution in [0.3, 0.4) is 0 Å². The topological polar surface area (TPSA) is 64.6 Å². The molecule has 0 radical (unpaired) electrons. The first-order valence-corrected chi connectivity index (χ1v) is 11.2. The minimum Gasteiger partial charge on any atom is -0.482 e. The predicted molar refractivity (Wildman–Crippen MR) is 126 cm³/mol. The molecule has 0 fully saturated rings. The van der Waals surface area contributed by atoms with Crippen LogP contribution in [0.15, 0.2) is 41.8 Å². The van der Waals surface area contributed by atoms with Gasteiger partial charge in [-0.15, -0.1) is 11.3 Å². The summed E-state index contributed by atoms with van der Waals surface area (Å²) in [6, 6.07) is 10.7. The molecule has 0 aliphatic carbocycles. The molecule has 3 rings (SSSR count). The van der Waals surface area contributed by atoms with Crippen LogP contribution in [0.2, 0.25) is 10.0 Å². The molecule has 5 nitrogen and oxygen atoms in total. The molecule has 1 N–H and O–H groups in total. The highest BCUT2D eigenvalue weighted by Gasteiger charge is 2.23. The first kappa shape index (κ1) is 23.1. The zero-order chi connectivity index (χ0) is 22.5. The maximum Gasteiger partial charge on any atom is 0.341 e. The Hall–Kier alpha value is -2.54. The molecule has 0 spiro atoms. The number of nitrogens with one attached hydrogen (secondary N) is 1. The molecule has 31 heavy (non-hydrogen) atoms. The quantitative estimate of drug-likeness (QED) is 0.392. The minimum atomic E-state index is -0.490. The van der Waals surface area contributed by atoms with Gasteiger partial charge >= 0.3 is 5.97 Å².